The minimum Gasteiger partial charge on any atom is -0.379 e. The highest BCUT2D eigenvalue weighted by molar-refractivity contribution is 14.1. The van der Waals surface area contributed by atoms with Crippen molar-refractivity contribution in [3.05, 3.63) is 63.2 Å². The summed E-state index contributed by atoms with van der Waals surface area (Å²) in [6.45, 7) is 0.469. The number of hydrogen-bond donors (Lipinski definition) is 1. The van der Waals surface area contributed by atoms with E-state index in [1.54, 1.807) is 0 Å². The molecule has 0 fully saturated rings. The van der Waals surface area contributed by atoms with Crippen LogP contribution in [-0.4, -0.2) is 0 Å². The maximum absolute atomic E-state index is 13.3. The molecule has 2 aromatic carbocycles. The molecule has 0 saturated carbocycles. The van der Waals surface area contributed by atoms with Gasteiger partial charge in [-0.05, 0) is 58.5 Å². The molecule has 88 valence electrons. The summed E-state index contributed by atoms with van der Waals surface area (Å²) >= 11 is 2.21. The van der Waals surface area contributed by atoms with Crippen LogP contribution in [0.15, 0.2) is 42.5 Å². The minimum absolute atomic E-state index is 0.184. The Morgan fingerprint density at radius 2 is 1.88 bits per heavy atom. The molecule has 17 heavy (non-hydrogen) atoms. The van der Waals surface area contributed by atoms with Gasteiger partial charge in [0.25, 0.3) is 0 Å². The van der Waals surface area contributed by atoms with Crippen molar-refractivity contribution in [3.8, 4) is 0 Å². The molecule has 0 radical (unpaired) electrons. The van der Waals surface area contributed by atoms with Gasteiger partial charge in [-0.25, -0.2) is 8.78 Å². The lowest BCUT2D eigenvalue weighted by molar-refractivity contribution is 0.602. The molecule has 0 saturated heterocycles. The van der Waals surface area contributed by atoms with Crippen LogP contribution in [0.4, 0.5) is 14.5 Å². The molecule has 0 aliphatic carbocycles. The normalized spacial score (nSPS) is 10.3. The van der Waals surface area contributed by atoms with Crippen molar-refractivity contribution >= 4 is 28.3 Å². The Hall–Kier alpha value is -1.17. The fraction of sp³-hybridized carbons (Fsp3) is 0.0769. The van der Waals surface area contributed by atoms with Gasteiger partial charge in [0.15, 0.2) is 0 Å². The van der Waals surface area contributed by atoms with Gasteiger partial charge in [-0.15, -0.1) is 0 Å². The Labute approximate surface area is 112 Å². The maximum Gasteiger partial charge on any atom is 0.146 e. The van der Waals surface area contributed by atoms with E-state index in [1.165, 1.54) is 0 Å². The quantitative estimate of drug-likeness (QED) is 0.823. The van der Waals surface area contributed by atoms with Crippen LogP contribution in [0.5, 0.6) is 0 Å². The van der Waals surface area contributed by atoms with Crippen LogP contribution >= 0.6 is 22.6 Å². The van der Waals surface area contributed by atoms with E-state index in [1.807, 2.05) is 24.3 Å². The largest absolute Gasteiger partial charge is 0.379 e. The second-order valence-electron chi connectivity index (χ2n) is 3.61. The molecule has 0 atom stereocenters. The number of anilines is 1. The summed E-state index contributed by atoms with van der Waals surface area (Å²) in [7, 11) is 0. The third kappa shape index (κ3) is 3.39. The molecule has 2 rings (SSSR count). The SMILES string of the molecule is Fc1ccc(F)c(NCc2cccc(I)c2)c1. The van der Waals surface area contributed by atoms with Gasteiger partial charge < -0.3 is 5.32 Å². The van der Waals surface area contributed by atoms with Crippen molar-refractivity contribution in [2.24, 2.45) is 0 Å². The fourth-order valence-corrected chi connectivity index (χ4v) is 2.08. The summed E-state index contributed by atoms with van der Waals surface area (Å²) in [5, 5.41) is 2.88. The number of nitrogens with one attached hydrogen (secondary N) is 1. The van der Waals surface area contributed by atoms with E-state index in [0.29, 0.717) is 6.54 Å². The first-order valence-electron chi connectivity index (χ1n) is 5.08. The molecule has 4 heteroatoms. The predicted octanol–water partition coefficient (Wildman–Crippen LogP) is 4.18. The van der Waals surface area contributed by atoms with Gasteiger partial charge in [0.1, 0.15) is 11.6 Å². The van der Waals surface area contributed by atoms with Crippen molar-refractivity contribution in [1.82, 2.24) is 0 Å². The summed E-state index contributed by atoms with van der Waals surface area (Å²) < 4.78 is 27.4. The van der Waals surface area contributed by atoms with Crippen LogP contribution in [0.3, 0.4) is 0 Å². The lowest BCUT2D eigenvalue weighted by atomic mass is 10.2. The van der Waals surface area contributed by atoms with Gasteiger partial charge >= 0.3 is 0 Å². The molecule has 0 heterocycles. The summed E-state index contributed by atoms with van der Waals surface area (Å²) in [6, 6.07) is 11.2. The molecular formula is C13H10F2IN. The molecule has 0 aromatic heterocycles. The first kappa shape index (κ1) is 12.3. The van der Waals surface area contributed by atoms with E-state index in [-0.39, 0.29) is 5.69 Å². The fourth-order valence-electron chi connectivity index (χ4n) is 1.48. The Morgan fingerprint density at radius 1 is 1.06 bits per heavy atom. The molecule has 0 spiro atoms. The van der Waals surface area contributed by atoms with Gasteiger partial charge in [-0.2, -0.15) is 0 Å². The minimum atomic E-state index is -0.448. The summed E-state index contributed by atoms with van der Waals surface area (Å²) in [6.07, 6.45) is 0. The number of rotatable bonds is 3. The summed E-state index contributed by atoms with van der Waals surface area (Å²) in [5.74, 6) is -0.895. The third-order valence-electron chi connectivity index (χ3n) is 2.30. The van der Waals surface area contributed by atoms with Gasteiger partial charge in [0.05, 0.1) is 5.69 Å². The molecule has 0 amide bonds. The highest BCUT2D eigenvalue weighted by atomic mass is 127. The van der Waals surface area contributed by atoms with Crippen molar-refractivity contribution in [1.29, 1.82) is 0 Å². The molecular weight excluding hydrogens is 335 g/mol. The van der Waals surface area contributed by atoms with Crippen molar-refractivity contribution < 1.29 is 8.78 Å². The van der Waals surface area contributed by atoms with Crippen LogP contribution < -0.4 is 5.32 Å². The Morgan fingerprint density at radius 3 is 2.65 bits per heavy atom. The maximum atomic E-state index is 13.3. The number of benzene rings is 2. The molecule has 1 nitrogen and oxygen atoms in total. The lowest BCUT2D eigenvalue weighted by Crippen LogP contribution is -2.02. The topological polar surface area (TPSA) is 12.0 Å². The van der Waals surface area contributed by atoms with E-state index >= 15 is 0 Å². The van der Waals surface area contributed by atoms with E-state index in [4.69, 9.17) is 0 Å². The Bertz CT molecular complexity index is 529. The Kier molecular flexibility index (Phi) is 3.93. The predicted molar refractivity (Wildman–Crippen MR) is 72.8 cm³/mol. The smallest absolute Gasteiger partial charge is 0.146 e. The second kappa shape index (κ2) is 5.44. The zero-order valence-electron chi connectivity index (χ0n) is 8.88. The van der Waals surface area contributed by atoms with Gasteiger partial charge in [-0.3, -0.25) is 0 Å². The van der Waals surface area contributed by atoms with E-state index in [0.717, 1.165) is 27.3 Å². The molecule has 0 aliphatic heterocycles. The summed E-state index contributed by atoms with van der Waals surface area (Å²) in [5.41, 5.74) is 1.21. The van der Waals surface area contributed by atoms with Crippen LogP contribution in [0.25, 0.3) is 0 Å². The highest BCUT2D eigenvalue weighted by Gasteiger charge is 2.03. The van der Waals surface area contributed by atoms with Gasteiger partial charge in [-0.1, -0.05) is 12.1 Å². The monoisotopic (exact) mass is 345 g/mol. The zero-order chi connectivity index (χ0) is 12.3. The second-order valence-corrected chi connectivity index (χ2v) is 4.85. The van der Waals surface area contributed by atoms with E-state index in [9.17, 15) is 8.78 Å². The van der Waals surface area contributed by atoms with Crippen molar-refractivity contribution in [2.45, 2.75) is 6.54 Å². The molecule has 0 aliphatic rings. The van der Waals surface area contributed by atoms with Crippen LogP contribution in [0, 0.1) is 15.2 Å². The van der Waals surface area contributed by atoms with E-state index < -0.39 is 11.6 Å². The van der Waals surface area contributed by atoms with E-state index in [2.05, 4.69) is 27.9 Å². The molecule has 1 N–H and O–H groups in total. The average molecular weight is 345 g/mol. The first-order valence-corrected chi connectivity index (χ1v) is 6.16. The molecule has 2 aromatic rings. The number of halogens is 3. The van der Waals surface area contributed by atoms with Crippen molar-refractivity contribution in [3.63, 3.8) is 0 Å². The first-order chi connectivity index (χ1) is 8.15. The Balaban J connectivity index is 2.09. The third-order valence-corrected chi connectivity index (χ3v) is 2.97. The molecule has 0 bridgehead atoms. The summed E-state index contributed by atoms with van der Waals surface area (Å²) in [4.78, 5) is 0. The number of hydrogen-bond acceptors (Lipinski definition) is 1. The average Bonchev–Trinajstić information content (AvgIpc) is 2.30. The van der Waals surface area contributed by atoms with Gasteiger partial charge in [0, 0.05) is 10.1 Å². The zero-order valence-corrected chi connectivity index (χ0v) is 11.0. The lowest BCUT2D eigenvalue weighted by Gasteiger charge is -2.08. The standard InChI is InChI=1S/C13H10F2IN/c14-10-4-5-12(15)13(7-10)17-8-9-2-1-3-11(16)6-9/h1-7,17H,8H2. The molecule has 0 unspecified atom stereocenters. The van der Waals surface area contributed by atoms with Gasteiger partial charge in [0.2, 0.25) is 0 Å². The van der Waals surface area contributed by atoms with Crippen molar-refractivity contribution in [2.75, 3.05) is 5.32 Å². The van der Waals surface area contributed by atoms with Crippen LogP contribution in [0.1, 0.15) is 5.56 Å². The highest BCUT2D eigenvalue weighted by Crippen LogP contribution is 2.17. The van der Waals surface area contributed by atoms with Crippen LogP contribution in [0.2, 0.25) is 0 Å². The van der Waals surface area contributed by atoms with Crippen LogP contribution in [-0.2, 0) is 6.54 Å².